The molecular formula is C11H12O2. The molecule has 1 rings (SSSR count). The number of aldehydes is 1. The number of aryl methyl sites for hydroxylation is 1. The summed E-state index contributed by atoms with van der Waals surface area (Å²) in [4.78, 5) is 10.6. The number of allylic oxidation sites excluding steroid dienone is 1. The summed E-state index contributed by atoms with van der Waals surface area (Å²) in [5.74, 6) is 0.596. The van der Waals surface area contributed by atoms with Crippen molar-refractivity contribution in [3.8, 4) is 5.75 Å². The van der Waals surface area contributed by atoms with Gasteiger partial charge in [0.05, 0.1) is 11.8 Å². The van der Waals surface area contributed by atoms with Crippen LogP contribution in [0.3, 0.4) is 0 Å². The van der Waals surface area contributed by atoms with Crippen molar-refractivity contribution in [2.75, 3.05) is 0 Å². The van der Waals surface area contributed by atoms with E-state index >= 15 is 0 Å². The standard InChI is InChI=1S/C11H12O2/c1-3-6-13-11-5-4-9(2)7-10(11)8-12/h3-8H,1-2H3. The van der Waals surface area contributed by atoms with E-state index in [-0.39, 0.29) is 0 Å². The van der Waals surface area contributed by atoms with Gasteiger partial charge < -0.3 is 4.74 Å². The second-order valence-electron chi connectivity index (χ2n) is 2.75. The summed E-state index contributed by atoms with van der Waals surface area (Å²) in [5, 5.41) is 0. The molecule has 0 aliphatic rings. The SMILES string of the molecule is CC=COc1ccc(C)cc1C=O. The van der Waals surface area contributed by atoms with Gasteiger partial charge in [0.1, 0.15) is 5.75 Å². The Morgan fingerprint density at radius 2 is 2.15 bits per heavy atom. The van der Waals surface area contributed by atoms with Crippen LogP contribution in [0.4, 0.5) is 0 Å². The molecule has 0 radical (unpaired) electrons. The molecule has 0 heterocycles. The lowest BCUT2D eigenvalue weighted by molar-refractivity contribution is 0.112. The summed E-state index contributed by atoms with van der Waals surface area (Å²) in [6.07, 6.45) is 4.12. The van der Waals surface area contributed by atoms with Crippen LogP contribution in [0, 0.1) is 6.92 Å². The van der Waals surface area contributed by atoms with Crippen LogP contribution >= 0.6 is 0 Å². The molecule has 13 heavy (non-hydrogen) atoms. The Kier molecular flexibility index (Phi) is 3.26. The van der Waals surface area contributed by atoms with E-state index in [9.17, 15) is 4.79 Å². The first-order chi connectivity index (χ1) is 6.27. The van der Waals surface area contributed by atoms with Crippen LogP contribution < -0.4 is 4.74 Å². The van der Waals surface area contributed by atoms with E-state index < -0.39 is 0 Å². The van der Waals surface area contributed by atoms with E-state index in [1.165, 1.54) is 0 Å². The molecule has 0 atom stereocenters. The first kappa shape index (κ1) is 9.52. The number of hydrogen-bond acceptors (Lipinski definition) is 2. The lowest BCUT2D eigenvalue weighted by Crippen LogP contribution is -1.89. The Hall–Kier alpha value is -1.57. The van der Waals surface area contributed by atoms with Crippen LogP contribution in [0.5, 0.6) is 5.75 Å². The van der Waals surface area contributed by atoms with Gasteiger partial charge in [0.15, 0.2) is 6.29 Å². The molecule has 0 unspecified atom stereocenters. The third-order valence-electron chi connectivity index (χ3n) is 1.62. The average Bonchev–Trinajstić information content (AvgIpc) is 2.16. The molecule has 0 amide bonds. The number of rotatable bonds is 3. The maximum atomic E-state index is 10.6. The molecule has 0 saturated heterocycles. The fourth-order valence-corrected chi connectivity index (χ4v) is 1.01. The third-order valence-corrected chi connectivity index (χ3v) is 1.62. The molecule has 0 aromatic heterocycles. The van der Waals surface area contributed by atoms with Crippen LogP contribution in [0.25, 0.3) is 0 Å². The fourth-order valence-electron chi connectivity index (χ4n) is 1.01. The fraction of sp³-hybridized carbons (Fsp3) is 0.182. The topological polar surface area (TPSA) is 26.3 Å². The van der Waals surface area contributed by atoms with Gasteiger partial charge in [-0.25, -0.2) is 0 Å². The summed E-state index contributed by atoms with van der Waals surface area (Å²) >= 11 is 0. The summed E-state index contributed by atoms with van der Waals surface area (Å²) in [6.45, 7) is 3.79. The normalized spacial score (nSPS) is 10.3. The number of carbonyl (C=O) groups is 1. The monoisotopic (exact) mass is 176 g/mol. The lowest BCUT2D eigenvalue weighted by Gasteiger charge is -2.03. The number of ether oxygens (including phenoxy) is 1. The van der Waals surface area contributed by atoms with Gasteiger partial charge in [0.25, 0.3) is 0 Å². The maximum Gasteiger partial charge on any atom is 0.153 e. The van der Waals surface area contributed by atoms with Gasteiger partial charge in [-0.1, -0.05) is 17.7 Å². The van der Waals surface area contributed by atoms with Gasteiger partial charge in [0.2, 0.25) is 0 Å². The van der Waals surface area contributed by atoms with Crippen LogP contribution in [0.2, 0.25) is 0 Å². The van der Waals surface area contributed by atoms with Crippen molar-refractivity contribution in [1.82, 2.24) is 0 Å². The molecule has 0 bridgehead atoms. The van der Waals surface area contributed by atoms with Gasteiger partial charge in [-0.2, -0.15) is 0 Å². The second kappa shape index (κ2) is 4.45. The Morgan fingerprint density at radius 1 is 1.38 bits per heavy atom. The van der Waals surface area contributed by atoms with E-state index in [0.717, 1.165) is 11.8 Å². The van der Waals surface area contributed by atoms with E-state index in [0.29, 0.717) is 11.3 Å². The minimum absolute atomic E-state index is 0.582. The number of benzene rings is 1. The second-order valence-corrected chi connectivity index (χ2v) is 2.75. The average molecular weight is 176 g/mol. The number of hydrogen-bond donors (Lipinski definition) is 0. The Labute approximate surface area is 77.8 Å². The lowest BCUT2D eigenvalue weighted by atomic mass is 10.1. The highest BCUT2D eigenvalue weighted by molar-refractivity contribution is 5.79. The van der Waals surface area contributed by atoms with Crippen molar-refractivity contribution in [3.05, 3.63) is 41.7 Å². The Morgan fingerprint density at radius 3 is 2.77 bits per heavy atom. The molecule has 2 nitrogen and oxygen atoms in total. The summed E-state index contributed by atoms with van der Waals surface area (Å²) in [7, 11) is 0. The van der Waals surface area contributed by atoms with Gasteiger partial charge in [-0.15, -0.1) is 0 Å². The highest BCUT2D eigenvalue weighted by Crippen LogP contribution is 2.18. The summed E-state index contributed by atoms with van der Waals surface area (Å²) in [5.41, 5.74) is 1.63. The first-order valence-corrected chi connectivity index (χ1v) is 4.11. The summed E-state index contributed by atoms with van der Waals surface area (Å²) in [6, 6.07) is 5.50. The highest BCUT2D eigenvalue weighted by Gasteiger charge is 2.00. The third kappa shape index (κ3) is 2.44. The van der Waals surface area contributed by atoms with Crippen LogP contribution in [-0.2, 0) is 0 Å². The molecule has 2 heteroatoms. The smallest absolute Gasteiger partial charge is 0.153 e. The van der Waals surface area contributed by atoms with Gasteiger partial charge >= 0.3 is 0 Å². The van der Waals surface area contributed by atoms with Gasteiger partial charge in [0, 0.05) is 0 Å². The minimum Gasteiger partial charge on any atom is -0.465 e. The quantitative estimate of drug-likeness (QED) is 0.523. The van der Waals surface area contributed by atoms with E-state index in [1.807, 2.05) is 19.9 Å². The minimum atomic E-state index is 0.582. The highest BCUT2D eigenvalue weighted by atomic mass is 16.5. The zero-order chi connectivity index (χ0) is 9.68. The maximum absolute atomic E-state index is 10.6. The first-order valence-electron chi connectivity index (χ1n) is 4.11. The van der Waals surface area contributed by atoms with Crippen molar-refractivity contribution in [2.45, 2.75) is 13.8 Å². The summed E-state index contributed by atoms with van der Waals surface area (Å²) < 4.78 is 5.22. The van der Waals surface area contributed by atoms with Crippen LogP contribution in [0.15, 0.2) is 30.5 Å². The molecule has 68 valence electrons. The zero-order valence-electron chi connectivity index (χ0n) is 7.78. The Balaban J connectivity index is 2.98. The van der Waals surface area contributed by atoms with Crippen molar-refractivity contribution in [3.63, 3.8) is 0 Å². The van der Waals surface area contributed by atoms with E-state index in [4.69, 9.17) is 4.74 Å². The van der Waals surface area contributed by atoms with Gasteiger partial charge in [-0.05, 0) is 26.0 Å². The molecular weight excluding hydrogens is 164 g/mol. The molecule has 0 aliphatic carbocycles. The van der Waals surface area contributed by atoms with Crippen LogP contribution in [-0.4, -0.2) is 6.29 Å². The molecule has 0 saturated carbocycles. The zero-order valence-corrected chi connectivity index (χ0v) is 7.78. The largest absolute Gasteiger partial charge is 0.465 e. The molecule has 0 fully saturated rings. The molecule has 1 aromatic rings. The van der Waals surface area contributed by atoms with E-state index in [2.05, 4.69) is 0 Å². The van der Waals surface area contributed by atoms with Crippen molar-refractivity contribution < 1.29 is 9.53 Å². The predicted molar refractivity (Wildman–Crippen MR) is 52.0 cm³/mol. The Bertz CT molecular complexity index is 327. The molecule has 0 N–H and O–H groups in total. The molecule has 0 aliphatic heterocycles. The van der Waals surface area contributed by atoms with Gasteiger partial charge in [-0.3, -0.25) is 4.79 Å². The molecule has 0 spiro atoms. The van der Waals surface area contributed by atoms with Crippen molar-refractivity contribution >= 4 is 6.29 Å². The number of carbonyl (C=O) groups excluding carboxylic acids is 1. The predicted octanol–water partition coefficient (Wildman–Crippen LogP) is 2.72. The molecule has 1 aromatic carbocycles. The van der Waals surface area contributed by atoms with Crippen LogP contribution in [0.1, 0.15) is 22.8 Å². The van der Waals surface area contributed by atoms with E-state index in [1.54, 1.807) is 24.5 Å². The van der Waals surface area contributed by atoms with Crippen molar-refractivity contribution in [2.24, 2.45) is 0 Å². The van der Waals surface area contributed by atoms with Crippen molar-refractivity contribution in [1.29, 1.82) is 0 Å².